The monoisotopic (exact) mass is 254 g/mol. The van der Waals surface area contributed by atoms with Gasteiger partial charge in [0.15, 0.2) is 0 Å². The number of nitrogens with two attached hydrogens (primary N) is 1. The first-order chi connectivity index (χ1) is 8.49. The molecule has 0 saturated heterocycles. The van der Waals surface area contributed by atoms with Gasteiger partial charge in [0.1, 0.15) is 0 Å². The number of rotatable bonds is 9. The molecule has 0 spiro atoms. The van der Waals surface area contributed by atoms with E-state index in [0.29, 0.717) is 5.41 Å². The van der Waals surface area contributed by atoms with Crippen molar-refractivity contribution in [2.75, 3.05) is 19.6 Å². The fourth-order valence-electron chi connectivity index (χ4n) is 2.96. The Morgan fingerprint density at radius 1 is 1.17 bits per heavy atom. The summed E-state index contributed by atoms with van der Waals surface area (Å²) < 4.78 is 0. The molecule has 0 aromatic heterocycles. The summed E-state index contributed by atoms with van der Waals surface area (Å²) >= 11 is 0. The van der Waals surface area contributed by atoms with Gasteiger partial charge in [-0.2, -0.15) is 0 Å². The molecule has 0 heterocycles. The van der Waals surface area contributed by atoms with Gasteiger partial charge in [0.2, 0.25) is 0 Å². The molecular formula is C16H34N2. The first-order valence-electron chi connectivity index (χ1n) is 7.93. The largest absolute Gasteiger partial charge is 0.330 e. The van der Waals surface area contributed by atoms with Crippen LogP contribution in [-0.4, -0.2) is 30.6 Å². The predicted octanol–water partition coefficient (Wildman–Crippen LogP) is 3.65. The van der Waals surface area contributed by atoms with Crippen LogP contribution < -0.4 is 5.73 Å². The first kappa shape index (κ1) is 16.0. The molecule has 0 bridgehead atoms. The standard InChI is InChI=1S/C16H34N2/c1-5-12-18(15-8-9-15)13-6-7-14(10-11-17)16(2,3)4/h14-15H,5-13,17H2,1-4H3. The van der Waals surface area contributed by atoms with Gasteiger partial charge in [0.25, 0.3) is 0 Å². The Balaban J connectivity index is 2.28. The summed E-state index contributed by atoms with van der Waals surface area (Å²) in [6.07, 6.45) is 8.03. The molecule has 18 heavy (non-hydrogen) atoms. The minimum Gasteiger partial charge on any atom is -0.330 e. The lowest BCUT2D eigenvalue weighted by Gasteiger charge is -2.31. The molecule has 1 aliphatic carbocycles. The highest BCUT2D eigenvalue weighted by Gasteiger charge is 2.28. The zero-order chi connectivity index (χ0) is 13.6. The number of hydrogen-bond acceptors (Lipinski definition) is 2. The van der Waals surface area contributed by atoms with Crippen molar-refractivity contribution in [1.29, 1.82) is 0 Å². The molecular weight excluding hydrogens is 220 g/mol. The third-order valence-electron chi connectivity index (χ3n) is 4.31. The summed E-state index contributed by atoms with van der Waals surface area (Å²) in [5, 5.41) is 0. The minimum absolute atomic E-state index is 0.411. The second-order valence-electron chi connectivity index (χ2n) is 7.05. The van der Waals surface area contributed by atoms with Crippen molar-refractivity contribution in [1.82, 2.24) is 4.90 Å². The van der Waals surface area contributed by atoms with Crippen molar-refractivity contribution in [2.24, 2.45) is 17.1 Å². The van der Waals surface area contributed by atoms with Crippen LogP contribution in [0.1, 0.15) is 66.2 Å². The van der Waals surface area contributed by atoms with E-state index >= 15 is 0 Å². The molecule has 1 fully saturated rings. The van der Waals surface area contributed by atoms with Crippen LogP contribution in [0, 0.1) is 11.3 Å². The molecule has 1 saturated carbocycles. The van der Waals surface area contributed by atoms with Crippen LogP contribution in [0.2, 0.25) is 0 Å². The second kappa shape index (κ2) is 7.49. The zero-order valence-electron chi connectivity index (χ0n) is 13.0. The van der Waals surface area contributed by atoms with E-state index in [1.165, 1.54) is 51.6 Å². The van der Waals surface area contributed by atoms with Crippen LogP contribution in [-0.2, 0) is 0 Å². The molecule has 1 atom stereocenters. The third kappa shape index (κ3) is 5.71. The highest BCUT2D eigenvalue weighted by atomic mass is 15.2. The van der Waals surface area contributed by atoms with Crippen LogP contribution in [0.3, 0.4) is 0 Å². The van der Waals surface area contributed by atoms with Crippen molar-refractivity contribution >= 4 is 0 Å². The molecule has 0 aliphatic heterocycles. The van der Waals surface area contributed by atoms with Crippen LogP contribution in [0.4, 0.5) is 0 Å². The lowest BCUT2D eigenvalue weighted by molar-refractivity contribution is 0.190. The van der Waals surface area contributed by atoms with E-state index in [0.717, 1.165) is 18.5 Å². The topological polar surface area (TPSA) is 29.3 Å². The van der Waals surface area contributed by atoms with E-state index in [9.17, 15) is 0 Å². The zero-order valence-corrected chi connectivity index (χ0v) is 13.0. The first-order valence-corrected chi connectivity index (χ1v) is 7.93. The van der Waals surface area contributed by atoms with Crippen LogP contribution in [0.5, 0.6) is 0 Å². The molecule has 2 heteroatoms. The van der Waals surface area contributed by atoms with Gasteiger partial charge in [-0.1, -0.05) is 27.7 Å². The molecule has 0 aromatic rings. The molecule has 2 nitrogen and oxygen atoms in total. The lowest BCUT2D eigenvalue weighted by Crippen LogP contribution is -2.29. The fourth-order valence-corrected chi connectivity index (χ4v) is 2.96. The van der Waals surface area contributed by atoms with E-state index in [1.54, 1.807) is 0 Å². The number of nitrogens with zero attached hydrogens (tertiary/aromatic N) is 1. The normalized spacial score (nSPS) is 18.3. The van der Waals surface area contributed by atoms with Crippen molar-refractivity contribution in [3.63, 3.8) is 0 Å². The molecule has 0 aromatic carbocycles. The number of hydrogen-bond donors (Lipinski definition) is 1. The Kier molecular flexibility index (Phi) is 6.65. The summed E-state index contributed by atoms with van der Waals surface area (Å²) in [6, 6.07) is 0.924. The van der Waals surface area contributed by atoms with Gasteiger partial charge in [-0.3, -0.25) is 0 Å². The smallest absolute Gasteiger partial charge is 0.00964 e. The Morgan fingerprint density at radius 3 is 2.28 bits per heavy atom. The molecule has 108 valence electrons. The van der Waals surface area contributed by atoms with Crippen molar-refractivity contribution < 1.29 is 0 Å². The SMILES string of the molecule is CCCN(CCCC(CCN)C(C)(C)C)C1CC1. The predicted molar refractivity (Wildman–Crippen MR) is 80.7 cm³/mol. The van der Waals surface area contributed by atoms with E-state index in [2.05, 4.69) is 32.6 Å². The van der Waals surface area contributed by atoms with Crippen molar-refractivity contribution in [3.05, 3.63) is 0 Å². The maximum Gasteiger partial charge on any atom is 0.00964 e. The minimum atomic E-state index is 0.411. The Hall–Kier alpha value is -0.0800. The Morgan fingerprint density at radius 2 is 1.83 bits per heavy atom. The molecule has 0 amide bonds. The van der Waals surface area contributed by atoms with Gasteiger partial charge in [-0.15, -0.1) is 0 Å². The van der Waals surface area contributed by atoms with Gasteiger partial charge >= 0.3 is 0 Å². The van der Waals surface area contributed by atoms with Crippen LogP contribution in [0.25, 0.3) is 0 Å². The van der Waals surface area contributed by atoms with Crippen molar-refractivity contribution in [3.8, 4) is 0 Å². The van der Waals surface area contributed by atoms with E-state index in [-0.39, 0.29) is 0 Å². The van der Waals surface area contributed by atoms with Crippen LogP contribution >= 0.6 is 0 Å². The highest BCUT2D eigenvalue weighted by molar-refractivity contribution is 4.84. The van der Waals surface area contributed by atoms with Gasteiger partial charge in [0.05, 0.1) is 0 Å². The summed E-state index contributed by atoms with van der Waals surface area (Å²) in [4.78, 5) is 2.71. The second-order valence-corrected chi connectivity index (χ2v) is 7.05. The summed E-state index contributed by atoms with van der Waals surface area (Å²) in [5.41, 5.74) is 6.16. The van der Waals surface area contributed by atoms with Gasteiger partial charge in [-0.25, -0.2) is 0 Å². The molecule has 1 unspecified atom stereocenters. The van der Waals surface area contributed by atoms with Crippen molar-refractivity contribution in [2.45, 2.75) is 72.3 Å². The Labute approximate surface area is 114 Å². The maximum absolute atomic E-state index is 5.75. The quantitative estimate of drug-likeness (QED) is 0.680. The third-order valence-corrected chi connectivity index (χ3v) is 4.31. The highest BCUT2D eigenvalue weighted by Crippen LogP contribution is 2.33. The Bertz CT molecular complexity index is 216. The maximum atomic E-state index is 5.75. The van der Waals surface area contributed by atoms with Gasteiger partial charge < -0.3 is 10.6 Å². The van der Waals surface area contributed by atoms with Gasteiger partial charge in [0, 0.05) is 6.04 Å². The van der Waals surface area contributed by atoms with Gasteiger partial charge in [-0.05, 0) is 69.5 Å². The summed E-state index contributed by atoms with van der Waals surface area (Å²) in [6.45, 7) is 12.8. The van der Waals surface area contributed by atoms with Crippen LogP contribution in [0.15, 0.2) is 0 Å². The molecule has 1 rings (SSSR count). The van der Waals surface area contributed by atoms with E-state index in [1.807, 2.05) is 0 Å². The average Bonchev–Trinajstić information content (AvgIpc) is 3.09. The fraction of sp³-hybridized carbons (Fsp3) is 1.00. The molecule has 2 N–H and O–H groups in total. The van der Waals surface area contributed by atoms with E-state index in [4.69, 9.17) is 5.73 Å². The lowest BCUT2D eigenvalue weighted by atomic mass is 9.76. The van der Waals surface area contributed by atoms with E-state index < -0.39 is 0 Å². The average molecular weight is 254 g/mol. The summed E-state index contributed by atoms with van der Waals surface area (Å²) in [7, 11) is 0. The molecule has 1 aliphatic rings. The summed E-state index contributed by atoms with van der Waals surface area (Å²) in [5.74, 6) is 0.783. The molecule has 0 radical (unpaired) electrons.